The van der Waals surface area contributed by atoms with Gasteiger partial charge >= 0.3 is 5.97 Å². The van der Waals surface area contributed by atoms with Crippen LogP contribution in [0.15, 0.2) is 42.6 Å². The highest BCUT2D eigenvalue weighted by molar-refractivity contribution is 6.89. The van der Waals surface area contributed by atoms with Crippen molar-refractivity contribution in [1.82, 2.24) is 9.97 Å². The molecule has 0 saturated carbocycles. The molecule has 5 heteroatoms. The molecule has 2 heterocycles. The van der Waals surface area contributed by atoms with Gasteiger partial charge in [-0.25, -0.2) is 9.78 Å². The number of ether oxygens (including phenoxy) is 1. The van der Waals surface area contributed by atoms with E-state index in [1.807, 2.05) is 24.3 Å². The Morgan fingerprint density at radius 1 is 1.17 bits per heavy atom. The van der Waals surface area contributed by atoms with Crippen molar-refractivity contribution in [2.75, 3.05) is 7.11 Å². The smallest absolute Gasteiger partial charge is 0.339 e. The second-order valence-electron chi connectivity index (χ2n) is 6.60. The number of aromatic nitrogens is 2. The van der Waals surface area contributed by atoms with E-state index in [4.69, 9.17) is 4.74 Å². The molecule has 3 rings (SSSR count). The Hall–Kier alpha value is -2.40. The number of pyridine rings is 1. The summed E-state index contributed by atoms with van der Waals surface area (Å²) >= 11 is 0. The molecule has 0 aliphatic carbocycles. The second-order valence-corrected chi connectivity index (χ2v) is 11.6. The third-order valence-corrected chi connectivity index (χ3v) is 5.76. The summed E-state index contributed by atoms with van der Waals surface area (Å²) < 4.78 is 4.82. The standard InChI is InChI=1S/C18H20N2O2Si/c1-22-18(21)13-10-14-15(12-8-6-5-7-9-12)17(23(2,3)4)20-16(14)19-11-13/h5-11H,1-4H3,(H,19,20). The van der Waals surface area contributed by atoms with Crippen LogP contribution in [0, 0.1) is 0 Å². The van der Waals surface area contributed by atoms with E-state index >= 15 is 0 Å². The van der Waals surface area contributed by atoms with Crippen LogP contribution in [-0.4, -0.2) is 31.1 Å². The lowest BCUT2D eigenvalue weighted by molar-refractivity contribution is 0.0600. The summed E-state index contributed by atoms with van der Waals surface area (Å²) in [6, 6.07) is 12.1. The molecule has 0 bridgehead atoms. The van der Waals surface area contributed by atoms with E-state index in [9.17, 15) is 4.79 Å². The van der Waals surface area contributed by atoms with Gasteiger partial charge in [0.05, 0.1) is 20.7 Å². The van der Waals surface area contributed by atoms with Crippen LogP contribution in [0.5, 0.6) is 0 Å². The predicted octanol–water partition coefficient (Wildman–Crippen LogP) is 3.56. The van der Waals surface area contributed by atoms with Crippen molar-refractivity contribution in [2.24, 2.45) is 0 Å². The van der Waals surface area contributed by atoms with Crippen molar-refractivity contribution in [1.29, 1.82) is 0 Å². The minimum atomic E-state index is -1.61. The van der Waals surface area contributed by atoms with Gasteiger partial charge in [-0.05, 0) is 11.6 Å². The van der Waals surface area contributed by atoms with E-state index in [-0.39, 0.29) is 5.97 Å². The highest BCUT2D eigenvalue weighted by Gasteiger charge is 2.26. The van der Waals surface area contributed by atoms with E-state index in [0.717, 1.165) is 22.2 Å². The Morgan fingerprint density at radius 3 is 2.48 bits per heavy atom. The van der Waals surface area contributed by atoms with Gasteiger partial charge in [0.1, 0.15) is 5.65 Å². The zero-order valence-corrected chi connectivity index (χ0v) is 14.8. The lowest BCUT2D eigenvalue weighted by atomic mass is 10.1. The topological polar surface area (TPSA) is 55.0 Å². The molecule has 0 unspecified atom stereocenters. The maximum atomic E-state index is 11.8. The van der Waals surface area contributed by atoms with Gasteiger partial charge in [-0.1, -0.05) is 50.0 Å². The van der Waals surface area contributed by atoms with Crippen molar-refractivity contribution in [3.63, 3.8) is 0 Å². The van der Waals surface area contributed by atoms with Crippen LogP contribution >= 0.6 is 0 Å². The predicted molar refractivity (Wildman–Crippen MR) is 95.8 cm³/mol. The van der Waals surface area contributed by atoms with Crippen LogP contribution in [0.25, 0.3) is 22.2 Å². The van der Waals surface area contributed by atoms with E-state index in [2.05, 4.69) is 41.7 Å². The van der Waals surface area contributed by atoms with Gasteiger partial charge in [0.15, 0.2) is 0 Å². The third kappa shape index (κ3) is 2.79. The molecular weight excluding hydrogens is 304 g/mol. The van der Waals surface area contributed by atoms with Gasteiger partial charge < -0.3 is 9.72 Å². The molecule has 23 heavy (non-hydrogen) atoms. The number of carbonyl (C=O) groups excluding carboxylic acids is 1. The van der Waals surface area contributed by atoms with Gasteiger partial charge in [0.25, 0.3) is 0 Å². The second kappa shape index (κ2) is 5.66. The van der Waals surface area contributed by atoms with Gasteiger partial charge in [-0.15, -0.1) is 0 Å². The quantitative estimate of drug-likeness (QED) is 0.592. The van der Waals surface area contributed by atoms with Crippen molar-refractivity contribution in [3.8, 4) is 11.1 Å². The Morgan fingerprint density at radius 2 is 1.87 bits per heavy atom. The summed E-state index contributed by atoms with van der Waals surface area (Å²) in [5.41, 5.74) is 3.57. The number of nitrogens with one attached hydrogen (secondary N) is 1. The number of rotatable bonds is 3. The minimum Gasteiger partial charge on any atom is -0.465 e. The van der Waals surface area contributed by atoms with Crippen LogP contribution in [0.4, 0.5) is 0 Å². The Bertz CT molecular complexity index is 864. The Balaban J connectivity index is 2.34. The Kier molecular flexibility index (Phi) is 3.81. The number of aromatic amines is 1. The largest absolute Gasteiger partial charge is 0.465 e. The number of benzene rings is 1. The average molecular weight is 324 g/mol. The number of H-pyrrole nitrogens is 1. The summed E-state index contributed by atoms with van der Waals surface area (Å²) in [7, 11) is -0.224. The molecule has 0 aliphatic heterocycles. The number of hydrogen-bond acceptors (Lipinski definition) is 3. The molecule has 118 valence electrons. The summed E-state index contributed by atoms with van der Waals surface area (Å²) in [5.74, 6) is -0.367. The molecular formula is C18H20N2O2Si. The molecule has 0 radical (unpaired) electrons. The maximum Gasteiger partial charge on any atom is 0.339 e. The van der Waals surface area contributed by atoms with Crippen LogP contribution in [0.2, 0.25) is 19.6 Å². The Labute approximate surface area is 136 Å². The fourth-order valence-electron chi connectivity index (χ4n) is 2.77. The average Bonchev–Trinajstić information content (AvgIpc) is 2.93. The molecule has 0 saturated heterocycles. The SMILES string of the molecule is COC(=O)c1cnc2[nH]c([Si](C)(C)C)c(-c3ccccc3)c2c1. The lowest BCUT2D eigenvalue weighted by Crippen LogP contribution is -2.39. The third-order valence-electron chi connectivity index (χ3n) is 3.88. The first-order valence-electron chi connectivity index (χ1n) is 7.58. The molecule has 1 aromatic carbocycles. The molecule has 0 atom stereocenters. The fourth-order valence-corrected chi connectivity index (χ4v) is 4.29. The molecule has 0 amide bonds. The molecule has 0 fully saturated rings. The van der Waals surface area contributed by atoms with E-state index in [1.54, 1.807) is 6.20 Å². The van der Waals surface area contributed by atoms with Gasteiger partial charge in [0, 0.05) is 22.5 Å². The van der Waals surface area contributed by atoms with E-state index in [0.29, 0.717) is 5.56 Å². The van der Waals surface area contributed by atoms with E-state index in [1.165, 1.54) is 12.4 Å². The van der Waals surface area contributed by atoms with Crippen molar-refractivity contribution in [3.05, 3.63) is 48.2 Å². The molecule has 0 spiro atoms. The molecule has 2 aromatic heterocycles. The first-order valence-corrected chi connectivity index (χ1v) is 11.1. The first-order chi connectivity index (χ1) is 10.9. The van der Waals surface area contributed by atoms with Gasteiger partial charge in [-0.3, -0.25) is 0 Å². The van der Waals surface area contributed by atoms with Crippen LogP contribution in [0.1, 0.15) is 10.4 Å². The van der Waals surface area contributed by atoms with Crippen LogP contribution in [0.3, 0.4) is 0 Å². The molecule has 3 aromatic rings. The number of nitrogens with zero attached hydrogens (tertiary/aromatic N) is 1. The van der Waals surface area contributed by atoms with Crippen LogP contribution < -0.4 is 5.32 Å². The molecule has 0 aliphatic rings. The first kappa shape index (κ1) is 15.5. The number of methoxy groups -OCH3 is 1. The summed E-state index contributed by atoms with van der Waals surface area (Å²) in [6.07, 6.45) is 1.56. The number of carbonyl (C=O) groups is 1. The monoisotopic (exact) mass is 324 g/mol. The van der Waals surface area contributed by atoms with Gasteiger partial charge in [0.2, 0.25) is 0 Å². The zero-order chi connectivity index (χ0) is 16.6. The van der Waals surface area contributed by atoms with Crippen molar-refractivity contribution < 1.29 is 9.53 Å². The molecule has 4 nitrogen and oxygen atoms in total. The number of fused-ring (bicyclic) bond motifs is 1. The summed E-state index contributed by atoms with van der Waals surface area (Å²) in [5, 5.41) is 2.21. The number of esters is 1. The lowest BCUT2D eigenvalue weighted by Gasteiger charge is -2.17. The van der Waals surface area contributed by atoms with Gasteiger partial charge in [-0.2, -0.15) is 0 Å². The van der Waals surface area contributed by atoms with Crippen molar-refractivity contribution in [2.45, 2.75) is 19.6 Å². The summed E-state index contributed by atoms with van der Waals surface area (Å²) in [4.78, 5) is 19.8. The normalized spacial score (nSPS) is 11.7. The molecule has 1 N–H and O–H groups in total. The fraction of sp³-hybridized carbons (Fsp3) is 0.222. The maximum absolute atomic E-state index is 11.8. The van der Waals surface area contributed by atoms with Crippen molar-refractivity contribution >= 4 is 30.4 Å². The highest BCUT2D eigenvalue weighted by Crippen LogP contribution is 2.29. The van der Waals surface area contributed by atoms with Crippen LogP contribution in [-0.2, 0) is 4.74 Å². The highest BCUT2D eigenvalue weighted by atomic mass is 28.3. The minimum absolute atomic E-state index is 0.367. The van der Waals surface area contributed by atoms with E-state index < -0.39 is 8.07 Å². The summed E-state index contributed by atoms with van der Waals surface area (Å²) in [6.45, 7) is 6.89. The zero-order valence-electron chi connectivity index (χ0n) is 13.8. The number of hydrogen-bond donors (Lipinski definition) is 1.